The van der Waals surface area contributed by atoms with Crippen LogP contribution in [0.2, 0.25) is 5.02 Å². The average Bonchev–Trinajstić information content (AvgIpc) is 2.74. The summed E-state index contributed by atoms with van der Waals surface area (Å²) < 4.78 is 5.75. The Morgan fingerprint density at radius 3 is 2.83 bits per heavy atom. The quantitative estimate of drug-likeness (QED) is 0.450. The first kappa shape index (κ1) is 9.92. The van der Waals surface area contributed by atoms with Crippen molar-refractivity contribution in [3.63, 3.8) is 0 Å². The van der Waals surface area contributed by atoms with Crippen molar-refractivity contribution >= 4 is 44.4 Å². The number of hydrogen-bond donors (Lipinski definition) is 0. The van der Waals surface area contributed by atoms with Crippen LogP contribution in [-0.4, -0.2) is 4.98 Å². The molecular weight excluding hydrogens is 246 g/mol. The lowest BCUT2D eigenvalue weighted by Gasteiger charge is -1.98. The van der Waals surface area contributed by atoms with Crippen LogP contribution in [-0.2, 0) is 0 Å². The SMILES string of the molecule is Clc1ccc2cc3oc4ncccc4c3cc2c1. The van der Waals surface area contributed by atoms with E-state index in [2.05, 4.69) is 11.1 Å². The number of halogens is 1. The van der Waals surface area contributed by atoms with Gasteiger partial charge in [-0.3, -0.25) is 0 Å². The largest absolute Gasteiger partial charge is 0.438 e. The zero-order valence-electron chi connectivity index (χ0n) is 9.35. The summed E-state index contributed by atoms with van der Waals surface area (Å²) in [6, 6.07) is 13.9. The van der Waals surface area contributed by atoms with E-state index in [0.717, 1.165) is 32.2 Å². The van der Waals surface area contributed by atoms with E-state index in [1.165, 1.54) is 0 Å². The molecule has 0 aliphatic carbocycles. The van der Waals surface area contributed by atoms with Crippen molar-refractivity contribution in [2.75, 3.05) is 0 Å². The highest BCUT2D eigenvalue weighted by molar-refractivity contribution is 6.31. The van der Waals surface area contributed by atoms with Gasteiger partial charge in [0.05, 0.1) is 0 Å². The van der Waals surface area contributed by atoms with Crippen molar-refractivity contribution in [2.24, 2.45) is 0 Å². The molecule has 0 bridgehead atoms. The monoisotopic (exact) mass is 253 g/mol. The van der Waals surface area contributed by atoms with Crippen LogP contribution in [0.4, 0.5) is 0 Å². The molecule has 3 heteroatoms. The summed E-state index contributed by atoms with van der Waals surface area (Å²) in [6.45, 7) is 0. The fraction of sp³-hybridized carbons (Fsp3) is 0. The van der Waals surface area contributed by atoms with Gasteiger partial charge in [0.2, 0.25) is 5.71 Å². The molecule has 4 aromatic rings. The third kappa shape index (κ3) is 1.33. The van der Waals surface area contributed by atoms with Gasteiger partial charge in [-0.15, -0.1) is 0 Å². The maximum absolute atomic E-state index is 6.03. The Balaban J connectivity index is 2.24. The summed E-state index contributed by atoms with van der Waals surface area (Å²) in [7, 11) is 0. The highest BCUT2D eigenvalue weighted by atomic mass is 35.5. The van der Waals surface area contributed by atoms with Crippen molar-refractivity contribution in [1.29, 1.82) is 0 Å². The molecule has 18 heavy (non-hydrogen) atoms. The van der Waals surface area contributed by atoms with Gasteiger partial charge in [0, 0.05) is 22.0 Å². The fourth-order valence-electron chi connectivity index (χ4n) is 2.32. The highest BCUT2D eigenvalue weighted by Crippen LogP contribution is 2.31. The summed E-state index contributed by atoms with van der Waals surface area (Å²) in [5.41, 5.74) is 1.53. The Morgan fingerprint density at radius 1 is 0.944 bits per heavy atom. The minimum Gasteiger partial charge on any atom is -0.438 e. The van der Waals surface area contributed by atoms with Gasteiger partial charge in [-0.05, 0) is 47.2 Å². The maximum Gasteiger partial charge on any atom is 0.227 e. The molecule has 2 aromatic heterocycles. The third-order valence-electron chi connectivity index (χ3n) is 3.17. The Morgan fingerprint density at radius 2 is 1.89 bits per heavy atom. The lowest BCUT2D eigenvalue weighted by Crippen LogP contribution is -1.73. The zero-order valence-corrected chi connectivity index (χ0v) is 10.1. The number of furan rings is 1. The first-order valence-corrected chi connectivity index (χ1v) is 6.06. The van der Waals surface area contributed by atoms with Crippen LogP contribution in [0.1, 0.15) is 0 Å². The Hall–Kier alpha value is -2.06. The molecule has 0 radical (unpaired) electrons. The van der Waals surface area contributed by atoms with Crippen LogP contribution in [0, 0.1) is 0 Å². The van der Waals surface area contributed by atoms with E-state index in [1.807, 2.05) is 36.4 Å². The number of nitrogens with zero attached hydrogens (tertiary/aromatic N) is 1. The molecule has 0 amide bonds. The van der Waals surface area contributed by atoms with Crippen molar-refractivity contribution in [2.45, 2.75) is 0 Å². The smallest absolute Gasteiger partial charge is 0.227 e. The van der Waals surface area contributed by atoms with Gasteiger partial charge in [-0.2, -0.15) is 0 Å². The van der Waals surface area contributed by atoms with E-state index >= 15 is 0 Å². The Labute approximate surface area is 108 Å². The Kier molecular flexibility index (Phi) is 1.91. The molecule has 0 N–H and O–H groups in total. The minimum atomic E-state index is 0.675. The van der Waals surface area contributed by atoms with Gasteiger partial charge in [0.25, 0.3) is 0 Å². The van der Waals surface area contributed by atoms with Gasteiger partial charge in [-0.1, -0.05) is 17.7 Å². The number of benzene rings is 2. The Bertz CT molecular complexity index is 895. The van der Waals surface area contributed by atoms with E-state index in [4.69, 9.17) is 16.0 Å². The lowest BCUT2D eigenvalue weighted by molar-refractivity contribution is 0.654. The van der Waals surface area contributed by atoms with E-state index < -0.39 is 0 Å². The van der Waals surface area contributed by atoms with E-state index in [9.17, 15) is 0 Å². The van der Waals surface area contributed by atoms with Crippen molar-refractivity contribution < 1.29 is 4.42 Å². The second kappa shape index (κ2) is 3.47. The number of fused-ring (bicyclic) bond motifs is 4. The van der Waals surface area contributed by atoms with Crippen LogP contribution in [0.15, 0.2) is 53.1 Å². The topological polar surface area (TPSA) is 26.0 Å². The van der Waals surface area contributed by atoms with Crippen molar-refractivity contribution in [1.82, 2.24) is 4.98 Å². The first-order chi connectivity index (χ1) is 8.81. The molecule has 0 unspecified atom stereocenters. The van der Waals surface area contributed by atoms with Crippen molar-refractivity contribution in [3.05, 3.63) is 53.7 Å². The van der Waals surface area contributed by atoms with E-state index in [0.29, 0.717) is 5.71 Å². The van der Waals surface area contributed by atoms with Crippen molar-refractivity contribution in [3.8, 4) is 0 Å². The predicted molar refractivity (Wildman–Crippen MR) is 74.0 cm³/mol. The second-order valence-corrected chi connectivity index (χ2v) is 4.73. The third-order valence-corrected chi connectivity index (χ3v) is 3.40. The standard InChI is InChI=1S/C15H8ClNO/c16-11-4-3-9-8-14-13(7-10(9)6-11)12-2-1-5-17-15(12)18-14/h1-8H. The highest BCUT2D eigenvalue weighted by Gasteiger charge is 2.08. The number of hydrogen-bond acceptors (Lipinski definition) is 2. The second-order valence-electron chi connectivity index (χ2n) is 4.30. The number of pyridine rings is 1. The predicted octanol–water partition coefficient (Wildman–Crippen LogP) is 4.79. The summed E-state index contributed by atoms with van der Waals surface area (Å²) in [5.74, 6) is 0. The van der Waals surface area contributed by atoms with Crippen LogP contribution in [0.5, 0.6) is 0 Å². The number of rotatable bonds is 0. The minimum absolute atomic E-state index is 0.675. The molecule has 86 valence electrons. The molecular formula is C15H8ClNO. The molecule has 0 aliphatic rings. The molecule has 0 spiro atoms. The van der Waals surface area contributed by atoms with Crippen LogP contribution in [0.3, 0.4) is 0 Å². The van der Waals surface area contributed by atoms with E-state index in [-0.39, 0.29) is 0 Å². The van der Waals surface area contributed by atoms with Gasteiger partial charge in [0.1, 0.15) is 5.58 Å². The molecule has 0 fully saturated rings. The van der Waals surface area contributed by atoms with Gasteiger partial charge >= 0.3 is 0 Å². The molecule has 0 aliphatic heterocycles. The van der Waals surface area contributed by atoms with Gasteiger partial charge in [0.15, 0.2) is 0 Å². The van der Waals surface area contributed by atoms with Crippen LogP contribution in [0.25, 0.3) is 32.8 Å². The average molecular weight is 254 g/mol. The molecule has 0 atom stereocenters. The summed E-state index contributed by atoms with van der Waals surface area (Å²) >= 11 is 6.03. The van der Waals surface area contributed by atoms with Crippen LogP contribution >= 0.6 is 11.6 Å². The normalized spacial score (nSPS) is 11.6. The van der Waals surface area contributed by atoms with E-state index in [1.54, 1.807) is 6.20 Å². The first-order valence-electron chi connectivity index (χ1n) is 5.68. The zero-order chi connectivity index (χ0) is 12.1. The molecule has 2 aromatic carbocycles. The van der Waals surface area contributed by atoms with Crippen LogP contribution < -0.4 is 0 Å². The molecule has 0 saturated carbocycles. The molecule has 2 nitrogen and oxygen atoms in total. The maximum atomic E-state index is 6.03. The van der Waals surface area contributed by atoms with Gasteiger partial charge in [-0.25, -0.2) is 4.98 Å². The lowest BCUT2D eigenvalue weighted by atomic mass is 10.1. The fourth-order valence-corrected chi connectivity index (χ4v) is 2.50. The summed E-state index contributed by atoms with van der Waals surface area (Å²) in [6.07, 6.45) is 1.74. The number of aromatic nitrogens is 1. The molecule has 4 rings (SSSR count). The molecule has 2 heterocycles. The summed E-state index contributed by atoms with van der Waals surface area (Å²) in [5, 5.41) is 5.09. The van der Waals surface area contributed by atoms with Gasteiger partial charge < -0.3 is 4.42 Å². The summed E-state index contributed by atoms with van der Waals surface area (Å²) in [4.78, 5) is 4.23. The molecule has 0 saturated heterocycles.